The Balaban J connectivity index is 2.57. The van der Waals surface area contributed by atoms with E-state index in [9.17, 15) is 26.3 Å². The zero-order valence-corrected chi connectivity index (χ0v) is 10.7. The van der Waals surface area contributed by atoms with Gasteiger partial charge in [0.05, 0.1) is 5.56 Å². The summed E-state index contributed by atoms with van der Waals surface area (Å²) in [5.74, 6) is -2.33. The van der Waals surface area contributed by atoms with E-state index in [1.54, 1.807) is 0 Å². The van der Waals surface area contributed by atoms with E-state index in [4.69, 9.17) is 0 Å². The maximum Gasteiger partial charge on any atom is 0.573 e. The molecule has 0 N–H and O–H groups in total. The molecule has 0 aliphatic heterocycles. The summed E-state index contributed by atoms with van der Waals surface area (Å²) in [5.41, 5.74) is -0.892. The van der Waals surface area contributed by atoms with E-state index in [1.807, 2.05) is 0 Å². The van der Waals surface area contributed by atoms with Crippen LogP contribution in [0.2, 0.25) is 0 Å². The Kier molecular flexibility index (Phi) is 4.48. The number of para-hydroxylation sites is 1. The van der Waals surface area contributed by atoms with Crippen LogP contribution in [0.1, 0.15) is 0 Å². The zero-order chi connectivity index (χ0) is 16.3. The maximum absolute atomic E-state index is 13.9. The van der Waals surface area contributed by atoms with Crippen molar-refractivity contribution in [3.05, 3.63) is 48.3 Å². The summed E-state index contributed by atoms with van der Waals surface area (Å²) in [6, 6.07) is 7.65. The molecule has 0 aliphatic rings. The standard InChI is InChI=1S/C14H8F6O2/c15-9-5-3-7-11(21-13(16)17)12(9)8-4-1-2-6-10(8)22-14(18,19)20/h1-7,13H. The molecular weight excluding hydrogens is 314 g/mol. The van der Waals surface area contributed by atoms with E-state index in [0.29, 0.717) is 0 Å². The highest BCUT2D eigenvalue weighted by atomic mass is 19.4. The second-order valence-electron chi connectivity index (χ2n) is 4.04. The molecule has 8 heteroatoms. The number of hydrogen-bond acceptors (Lipinski definition) is 2. The highest BCUT2D eigenvalue weighted by molar-refractivity contribution is 5.76. The molecule has 0 saturated carbocycles. The van der Waals surface area contributed by atoms with E-state index in [0.717, 1.165) is 30.3 Å². The third-order valence-corrected chi connectivity index (χ3v) is 2.57. The summed E-state index contributed by atoms with van der Waals surface area (Å²) in [7, 11) is 0. The first kappa shape index (κ1) is 16.0. The van der Waals surface area contributed by atoms with Gasteiger partial charge in [0.15, 0.2) is 0 Å². The van der Waals surface area contributed by atoms with Crippen molar-refractivity contribution in [1.82, 2.24) is 0 Å². The van der Waals surface area contributed by atoms with Crippen LogP contribution in [0, 0.1) is 5.82 Å². The number of hydrogen-bond donors (Lipinski definition) is 0. The highest BCUT2D eigenvalue weighted by Gasteiger charge is 2.33. The maximum atomic E-state index is 13.9. The molecule has 0 aromatic heterocycles. The van der Waals surface area contributed by atoms with E-state index in [2.05, 4.69) is 9.47 Å². The summed E-state index contributed by atoms with van der Waals surface area (Å²) in [4.78, 5) is 0. The largest absolute Gasteiger partial charge is 0.573 e. The lowest BCUT2D eigenvalue weighted by atomic mass is 10.0. The molecule has 0 unspecified atom stereocenters. The van der Waals surface area contributed by atoms with E-state index < -0.39 is 35.9 Å². The monoisotopic (exact) mass is 322 g/mol. The molecule has 2 rings (SSSR count). The van der Waals surface area contributed by atoms with Gasteiger partial charge in [-0.3, -0.25) is 0 Å². The van der Waals surface area contributed by atoms with Crippen LogP contribution in [0.5, 0.6) is 11.5 Å². The molecule has 0 amide bonds. The van der Waals surface area contributed by atoms with Crippen molar-refractivity contribution in [2.45, 2.75) is 13.0 Å². The molecule has 2 nitrogen and oxygen atoms in total. The van der Waals surface area contributed by atoms with Crippen LogP contribution in [0.3, 0.4) is 0 Å². The van der Waals surface area contributed by atoms with Crippen molar-refractivity contribution in [3.63, 3.8) is 0 Å². The van der Waals surface area contributed by atoms with Gasteiger partial charge in [-0.2, -0.15) is 8.78 Å². The number of alkyl halides is 5. The number of rotatable bonds is 4. The molecular formula is C14H8F6O2. The quantitative estimate of drug-likeness (QED) is 0.738. The topological polar surface area (TPSA) is 18.5 Å². The first-order chi connectivity index (χ1) is 10.3. The Labute approximate surface area is 120 Å². The summed E-state index contributed by atoms with van der Waals surface area (Å²) in [6.45, 7) is -3.25. The minimum atomic E-state index is -5.01. The van der Waals surface area contributed by atoms with E-state index in [1.165, 1.54) is 12.1 Å². The van der Waals surface area contributed by atoms with Gasteiger partial charge in [-0.05, 0) is 18.2 Å². The average molecular weight is 322 g/mol. The van der Waals surface area contributed by atoms with Gasteiger partial charge in [0.2, 0.25) is 0 Å². The van der Waals surface area contributed by atoms with Crippen molar-refractivity contribution >= 4 is 0 Å². The van der Waals surface area contributed by atoms with Crippen molar-refractivity contribution in [3.8, 4) is 22.6 Å². The molecule has 0 radical (unpaired) electrons. The first-order valence-corrected chi connectivity index (χ1v) is 5.86. The summed E-state index contributed by atoms with van der Waals surface area (Å²) >= 11 is 0. The van der Waals surface area contributed by atoms with Crippen LogP contribution < -0.4 is 9.47 Å². The molecule has 22 heavy (non-hydrogen) atoms. The Hall–Kier alpha value is -2.38. The van der Waals surface area contributed by atoms with Crippen molar-refractivity contribution in [1.29, 1.82) is 0 Å². The van der Waals surface area contributed by atoms with Gasteiger partial charge in [-0.25, -0.2) is 4.39 Å². The van der Waals surface area contributed by atoms with Gasteiger partial charge < -0.3 is 9.47 Å². The fourth-order valence-electron chi connectivity index (χ4n) is 1.85. The Morgan fingerprint density at radius 2 is 1.50 bits per heavy atom. The van der Waals surface area contributed by atoms with Crippen molar-refractivity contribution < 1.29 is 35.8 Å². The molecule has 0 fully saturated rings. The van der Waals surface area contributed by atoms with Crippen LogP contribution >= 0.6 is 0 Å². The average Bonchev–Trinajstić information content (AvgIpc) is 2.38. The minimum Gasteiger partial charge on any atom is -0.434 e. The normalized spacial score (nSPS) is 11.6. The minimum absolute atomic E-state index is 0.353. The van der Waals surface area contributed by atoms with Crippen LogP contribution in [-0.4, -0.2) is 13.0 Å². The van der Waals surface area contributed by atoms with Gasteiger partial charge in [-0.1, -0.05) is 24.3 Å². The van der Waals surface area contributed by atoms with Crippen LogP contribution in [0.4, 0.5) is 26.3 Å². The Bertz CT molecular complexity index is 654. The number of benzene rings is 2. The lowest BCUT2D eigenvalue weighted by Crippen LogP contribution is -2.17. The van der Waals surface area contributed by atoms with Crippen molar-refractivity contribution in [2.24, 2.45) is 0 Å². The molecule has 0 saturated heterocycles. The van der Waals surface area contributed by atoms with Crippen LogP contribution in [0.25, 0.3) is 11.1 Å². The zero-order valence-electron chi connectivity index (χ0n) is 10.7. The van der Waals surface area contributed by atoms with E-state index in [-0.39, 0.29) is 5.56 Å². The SMILES string of the molecule is Fc1cccc(OC(F)F)c1-c1ccccc1OC(F)(F)F. The third kappa shape index (κ3) is 3.84. The lowest BCUT2D eigenvalue weighted by Gasteiger charge is -2.16. The smallest absolute Gasteiger partial charge is 0.434 e. The van der Waals surface area contributed by atoms with Gasteiger partial charge in [0.25, 0.3) is 0 Å². The number of halogens is 6. The summed E-state index contributed by atoms with van der Waals surface area (Å²) in [6.07, 6.45) is -5.01. The lowest BCUT2D eigenvalue weighted by molar-refractivity contribution is -0.274. The second kappa shape index (κ2) is 6.17. The van der Waals surface area contributed by atoms with Crippen LogP contribution in [-0.2, 0) is 0 Å². The molecule has 0 atom stereocenters. The predicted molar refractivity (Wildman–Crippen MR) is 65.2 cm³/mol. The van der Waals surface area contributed by atoms with Gasteiger partial charge in [0.1, 0.15) is 17.3 Å². The van der Waals surface area contributed by atoms with Gasteiger partial charge in [-0.15, -0.1) is 13.2 Å². The third-order valence-electron chi connectivity index (χ3n) is 2.57. The summed E-state index contributed by atoms with van der Waals surface area (Å²) < 4.78 is 83.8. The Morgan fingerprint density at radius 3 is 2.14 bits per heavy atom. The molecule has 2 aromatic rings. The fourth-order valence-corrected chi connectivity index (χ4v) is 1.85. The van der Waals surface area contributed by atoms with Crippen LogP contribution in [0.15, 0.2) is 42.5 Å². The molecule has 0 heterocycles. The predicted octanol–water partition coefficient (Wildman–Crippen LogP) is 4.99. The van der Waals surface area contributed by atoms with Gasteiger partial charge in [0, 0.05) is 5.56 Å². The first-order valence-electron chi connectivity index (χ1n) is 5.86. The molecule has 118 valence electrons. The second-order valence-corrected chi connectivity index (χ2v) is 4.04. The molecule has 2 aromatic carbocycles. The fraction of sp³-hybridized carbons (Fsp3) is 0.143. The number of ether oxygens (including phenoxy) is 2. The summed E-state index contributed by atoms with van der Waals surface area (Å²) in [5, 5.41) is 0. The van der Waals surface area contributed by atoms with Crippen molar-refractivity contribution in [2.75, 3.05) is 0 Å². The Morgan fingerprint density at radius 1 is 0.864 bits per heavy atom. The van der Waals surface area contributed by atoms with Gasteiger partial charge >= 0.3 is 13.0 Å². The van der Waals surface area contributed by atoms with E-state index >= 15 is 0 Å². The highest BCUT2D eigenvalue weighted by Crippen LogP contribution is 2.40. The molecule has 0 spiro atoms. The molecule has 0 aliphatic carbocycles. The molecule has 0 bridgehead atoms.